The molecule has 0 saturated carbocycles. The summed E-state index contributed by atoms with van der Waals surface area (Å²) in [6.07, 6.45) is -6.46. The monoisotopic (exact) mass is 428 g/mol. The lowest BCUT2D eigenvalue weighted by atomic mass is 10.0. The molecule has 0 aliphatic heterocycles. The van der Waals surface area contributed by atoms with E-state index in [9.17, 15) is 30.0 Å². The summed E-state index contributed by atoms with van der Waals surface area (Å²) in [4.78, 5) is 21.6. The topological polar surface area (TPSA) is 172 Å². The minimum atomic E-state index is -2.52. The highest BCUT2D eigenvalue weighted by atomic mass is 28.4. The van der Waals surface area contributed by atoms with E-state index in [1.165, 1.54) is 0 Å². The zero-order valence-electron chi connectivity index (χ0n) is 16.6. The summed E-state index contributed by atoms with van der Waals surface area (Å²) in [6, 6.07) is 0.888. The van der Waals surface area contributed by atoms with E-state index >= 15 is 0 Å². The molecule has 12 heteroatoms. The highest BCUT2D eigenvalue weighted by molar-refractivity contribution is 6.81. The third-order valence-electron chi connectivity index (χ3n) is 3.78. The average molecular weight is 429 g/mol. The minimum Gasteiger partial charge on any atom is -0.436 e. The number of hydrogen-bond donors (Lipinski definition) is 8. The molecule has 0 aliphatic carbocycles. The highest BCUT2D eigenvalue weighted by Gasteiger charge is 2.34. The molecular weight excluding hydrogens is 392 g/mol. The van der Waals surface area contributed by atoms with Gasteiger partial charge in [0.1, 0.15) is 18.3 Å². The largest absolute Gasteiger partial charge is 0.436 e. The first kappa shape index (κ1) is 26.6. The second-order valence-corrected chi connectivity index (χ2v) is 15.4. The Hall–Kier alpha value is -0.416. The fourth-order valence-corrected chi connectivity index (χ4v) is 9.39. The van der Waals surface area contributed by atoms with Gasteiger partial charge in [-0.3, -0.25) is 4.79 Å². The second kappa shape index (κ2) is 12.2. The lowest BCUT2D eigenvalue weighted by molar-refractivity contribution is -0.148. The van der Waals surface area contributed by atoms with Crippen molar-refractivity contribution in [3.05, 3.63) is 0 Å². The summed E-state index contributed by atoms with van der Waals surface area (Å²) >= 11 is 0. The van der Waals surface area contributed by atoms with Crippen molar-refractivity contribution < 1.29 is 39.2 Å². The lowest BCUT2D eigenvalue weighted by Gasteiger charge is -2.29. The summed E-state index contributed by atoms with van der Waals surface area (Å²) in [5, 5.41) is 52.2. The van der Waals surface area contributed by atoms with Crippen LogP contribution in [0.3, 0.4) is 0 Å². The summed E-state index contributed by atoms with van der Waals surface area (Å²) < 4.78 is 5.82. The van der Waals surface area contributed by atoms with E-state index in [-0.39, 0.29) is 6.54 Å². The molecule has 0 aliphatic rings. The molecule has 0 saturated heterocycles. The van der Waals surface area contributed by atoms with E-state index < -0.39 is 53.8 Å². The Labute approximate surface area is 162 Å². The highest BCUT2D eigenvalue weighted by Crippen LogP contribution is 2.17. The molecule has 10 nitrogen and oxygen atoms in total. The molecule has 0 aromatic rings. The predicted molar refractivity (Wildman–Crippen MR) is 105 cm³/mol. The molecule has 0 aromatic carbocycles. The van der Waals surface area contributed by atoms with Crippen LogP contribution in [0.5, 0.6) is 0 Å². The standard InChI is InChI=1S/C15H36N2O8Si2/c1-26(2,25-27(3,4)24)9-5-6-16-7-8-17-15(23)14(22)13(21)12(20)11(19)10-18/h11-14,16,18-22,24H,5-10H2,1-4H3,(H,17,23). The molecule has 162 valence electrons. The lowest BCUT2D eigenvalue weighted by Crippen LogP contribution is -2.52. The van der Waals surface area contributed by atoms with Crippen molar-refractivity contribution in [3.63, 3.8) is 0 Å². The number of rotatable bonds is 14. The number of nitrogens with one attached hydrogen (secondary N) is 2. The van der Waals surface area contributed by atoms with Crippen LogP contribution in [0, 0.1) is 0 Å². The number of carbonyl (C=O) groups is 1. The zero-order chi connectivity index (χ0) is 21.3. The van der Waals surface area contributed by atoms with Gasteiger partial charge in [-0.15, -0.1) is 0 Å². The van der Waals surface area contributed by atoms with Crippen LogP contribution in [0.2, 0.25) is 32.2 Å². The summed E-state index contributed by atoms with van der Waals surface area (Å²) in [7, 11) is -4.42. The fourth-order valence-electron chi connectivity index (χ4n) is 2.55. The SMILES string of the molecule is C[Si](C)(O)O[Si](C)(C)CCCNCCNC(=O)C(O)C(O)C(O)C(O)CO. The number of amides is 1. The van der Waals surface area contributed by atoms with Gasteiger partial charge in [-0.2, -0.15) is 0 Å². The summed E-state index contributed by atoms with van der Waals surface area (Å²) in [6.45, 7) is 8.17. The molecule has 27 heavy (non-hydrogen) atoms. The molecule has 0 radical (unpaired) electrons. The van der Waals surface area contributed by atoms with Crippen LogP contribution in [-0.4, -0.2) is 104 Å². The van der Waals surface area contributed by atoms with E-state index in [1.54, 1.807) is 13.1 Å². The Balaban J connectivity index is 3.97. The maximum Gasteiger partial charge on any atom is 0.318 e. The van der Waals surface area contributed by atoms with Gasteiger partial charge < -0.3 is 45.1 Å². The first-order valence-electron chi connectivity index (χ1n) is 9.05. The smallest absolute Gasteiger partial charge is 0.318 e. The summed E-state index contributed by atoms with van der Waals surface area (Å²) in [5.74, 6) is -0.884. The van der Waals surface area contributed by atoms with Crippen LogP contribution < -0.4 is 10.6 Å². The van der Waals surface area contributed by atoms with Gasteiger partial charge in [0.15, 0.2) is 14.4 Å². The summed E-state index contributed by atoms with van der Waals surface area (Å²) in [5.41, 5.74) is 0. The predicted octanol–water partition coefficient (Wildman–Crippen LogP) is -2.57. The number of aliphatic hydroxyl groups is 5. The fraction of sp³-hybridized carbons (Fsp3) is 0.933. The number of carbonyl (C=O) groups excluding carboxylic acids is 1. The molecular formula is C15H36N2O8Si2. The van der Waals surface area contributed by atoms with Crippen molar-refractivity contribution in [1.82, 2.24) is 10.6 Å². The Bertz CT molecular complexity index is 437. The molecule has 0 spiro atoms. The van der Waals surface area contributed by atoms with Crippen molar-refractivity contribution in [3.8, 4) is 0 Å². The van der Waals surface area contributed by atoms with E-state index in [1.807, 2.05) is 0 Å². The first-order valence-corrected chi connectivity index (χ1v) is 15.0. The van der Waals surface area contributed by atoms with E-state index in [0.29, 0.717) is 13.1 Å². The average Bonchev–Trinajstić information content (AvgIpc) is 2.55. The second-order valence-electron chi connectivity index (χ2n) is 7.63. The van der Waals surface area contributed by atoms with Gasteiger partial charge >= 0.3 is 8.56 Å². The normalized spacial score (nSPS) is 17.3. The number of aliphatic hydroxyl groups excluding tert-OH is 5. The van der Waals surface area contributed by atoms with Gasteiger partial charge in [0.05, 0.1) is 6.61 Å². The van der Waals surface area contributed by atoms with Gasteiger partial charge in [-0.05, 0) is 45.2 Å². The van der Waals surface area contributed by atoms with Crippen molar-refractivity contribution in [2.75, 3.05) is 26.2 Å². The van der Waals surface area contributed by atoms with Crippen LogP contribution in [0.1, 0.15) is 6.42 Å². The van der Waals surface area contributed by atoms with Crippen LogP contribution in [-0.2, 0) is 8.91 Å². The maximum atomic E-state index is 11.7. The molecule has 0 aromatic heterocycles. The minimum absolute atomic E-state index is 0.204. The molecule has 0 bridgehead atoms. The Morgan fingerprint density at radius 3 is 2.11 bits per heavy atom. The van der Waals surface area contributed by atoms with E-state index in [2.05, 4.69) is 23.7 Å². The van der Waals surface area contributed by atoms with Gasteiger partial charge in [-0.1, -0.05) is 0 Å². The Morgan fingerprint density at radius 2 is 1.59 bits per heavy atom. The van der Waals surface area contributed by atoms with Crippen LogP contribution >= 0.6 is 0 Å². The van der Waals surface area contributed by atoms with Crippen molar-refractivity contribution in [2.45, 2.75) is 63.1 Å². The van der Waals surface area contributed by atoms with Crippen LogP contribution in [0.25, 0.3) is 0 Å². The van der Waals surface area contributed by atoms with Gasteiger partial charge in [0.2, 0.25) is 0 Å². The quantitative estimate of drug-likeness (QED) is 0.109. The zero-order valence-corrected chi connectivity index (χ0v) is 18.6. The van der Waals surface area contributed by atoms with Crippen LogP contribution in [0.15, 0.2) is 0 Å². The van der Waals surface area contributed by atoms with Gasteiger partial charge in [0.25, 0.3) is 5.91 Å². The van der Waals surface area contributed by atoms with E-state index in [0.717, 1.165) is 12.5 Å². The molecule has 0 rings (SSSR count). The van der Waals surface area contributed by atoms with E-state index in [4.69, 9.17) is 9.22 Å². The molecule has 1 amide bonds. The molecule has 0 fully saturated rings. The first-order chi connectivity index (χ1) is 12.3. The van der Waals surface area contributed by atoms with Crippen molar-refractivity contribution in [2.24, 2.45) is 0 Å². The number of hydrogen-bond acceptors (Lipinski definition) is 9. The Morgan fingerprint density at radius 1 is 1.00 bits per heavy atom. The molecule has 0 heterocycles. The third-order valence-corrected chi connectivity index (χ3v) is 9.55. The molecule has 4 atom stereocenters. The molecule has 4 unspecified atom stereocenters. The maximum absolute atomic E-state index is 11.7. The van der Waals surface area contributed by atoms with Crippen LogP contribution in [0.4, 0.5) is 0 Å². The molecule has 8 N–H and O–H groups in total. The van der Waals surface area contributed by atoms with Crippen molar-refractivity contribution >= 4 is 22.8 Å². The van der Waals surface area contributed by atoms with Gasteiger partial charge in [-0.25, -0.2) is 0 Å². The van der Waals surface area contributed by atoms with Crippen molar-refractivity contribution in [1.29, 1.82) is 0 Å². The third kappa shape index (κ3) is 11.9. The Kier molecular flexibility index (Phi) is 12.0. The van der Waals surface area contributed by atoms with Gasteiger partial charge in [0, 0.05) is 13.1 Å².